The fourth-order valence-electron chi connectivity index (χ4n) is 1.26. The van der Waals surface area contributed by atoms with E-state index in [1.807, 2.05) is 17.8 Å². The molecular weight excluding hydrogens is 272 g/mol. The van der Waals surface area contributed by atoms with E-state index in [1.54, 1.807) is 0 Å². The molecule has 1 aliphatic heterocycles. The lowest BCUT2D eigenvalue weighted by Gasteiger charge is -2.24. The van der Waals surface area contributed by atoms with E-state index in [0.29, 0.717) is 10.8 Å². The molecule has 1 N–H and O–H groups in total. The number of carbonyl (C=O) groups is 1. The Morgan fingerprint density at radius 3 is 2.77 bits per heavy atom. The number of aromatic carboxylic acids is 1. The van der Waals surface area contributed by atoms with E-state index in [2.05, 4.69) is 15.9 Å². The highest BCUT2D eigenvalue weighted by atomic mass is 79.9. The summed E-state index contributed by atoms with van der Waals surface area (Å²) in [7, 11) is 0. The number of hydrogen-bond donors (Lipinski definition) is 1. The molecule has 0 atom stereocenters. The number of carboxylic acids is 1. The van der Waals surface area contributed by atoms with E-state index < -0.39 is 5.97 Å². The maximum absolute atomic E-state index is 10.9. The minimum Gasteiger partial charge on any atom is -0.477 e. The third-order valence-corrected chi connectivity index (χ3v) is 4.92. The molecular formula is C8H7BrO2S2. The quantitative estimate of drug-likeness (QED) is 0.904. The smallest absolute Gasteiger partial charge is 0.346 e. The maximum Gasteiger partial charge on any atom is 0.346 e. The van der Waals surface area contributed by atoms with Gasteiger partial charge in [-0.2, -0.15) is 11.8 Å². The number of thioether (sulfide) groups is 1. The molecule has 2 nitrogen and oxygen atoms in total. The van der Waals surface area contributed by atoms with Crippen molar-refractivity contribution in [2.24, 2.45) is 0 Å². The molecule has 1 fully saturated rings. The standard InChI is InChI=1S/C8H7BrO2S2/c9-6-1-5(4-2-12-3-4)7(13-6)8(10)11/h1,4H,2-3H2,(H,10,11). The summed E-state index contributed by atoms with van der Waals surface area (Å²) in [5, 5.41) is 8.93. The van der Waals surface area contributed by atoms with Crippen molar-refractivity contribution in [3.05, 3.63) is 20.3 Å². The highest BCUT2D eigenvalue weighted by molar-refractivity contribution is 9.11. The third kappa shape index (κ3) is 1.78. The van der Waals surface area contributed by atoms with Crippen LogP contribution < -0.4 is 0 Å². The summed E-state index contributed by atoms with van der Waals surface area (Å²) in [4.78, 5) is 11.4. The van der Waals surface area contributed by atoms with E-state index in [9.17, 15) is 4.79 Å². The van der Waals surface area contributed by atoms with Crippen LogP contribution >= 0.6 is 39.0 Å². The topological polar surface area (TPSA) is 37.3 Å². The van der Waals surface area contributed by atoms with Crippen LogP contribution in [0.1, 0.15) is 21.2 Å². The van der Waals surface area contributed by atoms with Crippen molar-refractivity contribution in [1.29, 1.82) is 0 Å². The van der Waals surface area contributed by atoms with Crippen LogP contribution in [0, 0.1) is 0 Å². The monoisotopic (exact) mass is 278 g/mol. The van der Waals surface area contributed by atoms with Gasteiger partial charge in [0.2, 0.25) is 0 Å². The molecule has 0 radical (unpaired) electrons. The molecule has 1 saturated heterocycles. The molecule has 2 rings (SSSR count). The van der Waals surface area contributed by atoms with Crippen LogP contribution in [-0.4, -0.2) is 22.6 Å². The summed E-state index contributed by atoms with van der Waals surface area (Å²) in [5.41, 5.74) is 1.00. The Balaban J connectivity index is 2.36. The highest BCUT2D eigenvalue weighted by Crippen LogP contribution is 2.40. The van der Waals surface area contributed by atoms with Crippen molar-refractivity contribution in [1.82, 2.24) is 0 Å². The third-order valence-electron chi connectivity index (χ3n) is 2.00. The zero-order chi connectivity index (χ0) is 9.42. The number of rotatable bonds is 2. The van der Waals surface area contributed by atoms with Gasteiger partial charge in [0.15, 0.2) is 0 Å². The van der Waals surface area contributed by atoms with Gasteiger partial charge in [0, 0.05) is 17.4 Å². The molecule has 0 unspecified atom stereocenters. The second kappa shape index (κ2) is 3.63. The summed E-state index contributed by atoms with van der Waals surface area (Å²) in [6, 6.07) is 1.94. The van der Waals surface area contributed by atoms with Gasteiger partial charge in [-0.25, -0.2) is 4.79 Å². The van der Waals surface area contributed by atoms with Gasteiger partial charge in [-0.3, -0.25) is 0 Å². The van der Waals surface area contributed by atoms with Crippen molar-refractivity contribution < 1.29 is 9.90 Å². The fourth-order valence-corrected chi connectivity index (χ4v) is 3.63. The van der Waals surface area contributed by atoms with Gasteiger partial charge in [0.1, 0.15) is 4.88 Å². The Hall–Kier alpha value is -0.000000000000000111. The van der Waals surface area contributed by atoms with E-state index in [4.69, 9.17) is 5.11 Å². The summed E-state index contributed by atoms with van der Waals surface area (Å²) in [5.74, 6) is 1.77. The molecule has 2 heterocycles. The number of halogens is 1. The molecule has 0 amide bonds. The Morgan fingerprint density at radius 1 is 1.62 bits per heavy atom. The van der Waals surface area contributed by atoms with E-state index in [1.165, 1.54) is 11.3 Å². The summed E-state index contributed by atoms with van der Waals surface area (Å²) in [6.07, 6.45) is 0. The minimum absolute atomic E-state index is 0.457. The van der Waals surface area contributed by atoms with Crippen LogP contribution in [0.25, 0.3) is 0 Å². The van der Waals surface area contributed by atoms with E-state index in [0.717, 1.165) is 20.9 Å². The minimum atomic E-state index is -0.803. The lowest BCUT2D eigenvalue weighted by Crippen LogP contribution is -2.17. The van der Waals surface area contributed by atoms with E-state index in [-0.39, 0.29) is 0 Å². The zero-order valence-electron chi connectivity index (χ0n) is 6.62. The maximum atomic E-state index is 10.9. The number of carboxylic acid groups (broad SMARTS) is 1. The molecule has 5 heteroatoms. The van der Waals surface area contributed by atoms with Gasteiger partial charge in [0.25, 0.3) is 0 Å². The van der Waals surface area contributed by atoms with Crippen LogP contribution in [0.5, 0.6) is 0 Å². The SMILES string of the molecule is O=C(O)c1sc(Br)cc1C1CSC1. The Bertz CT molecular complexity index is 344. The van der Waals surface area contributed by atoms with Crippen LogP contribution in [0.2, 0.25) is 0 Å². The predicted molar refractivity (Wildman–Crippen MR) is 59.0 cm³/mol. The van der Waals surface area contributed by atoms with Crippen LogP contribution in [0.4, 0.5) is 0 Å². The Kier molecular flexibility index (Phi) is 2.67. The first-order valence-electron chi connectivity index (χ1n) is 3.78. The van der Waals surface area contributed by atoms with Gasteiger partial charge < -0.3 is 5.11 Å². The second-order valence-electron chi connectivity index (χ2n) is 2.87. The second-order valence-corrected chi connectivity index (χ2v) is 6.38. The van der Waals surface area contributed by atoms with Gasteiger partial charge in [-0.15, -0.1) is 11.3 Å². The van der Waals surface area contributed by atoms with Crippen molar-refractivity contribution in [3.8, 4) is 0 Å². The molecule has 13 heavy (non-hydrogen) atoms. The zero-order valence-corrected chi connectivity index (χ0v) is 9.84. The lowest BCUT2D eigenvalue weighted by atomic mass is 10.0. The normalized spacial score (nSPS) is 17.0. The average molecular weight is 279 g/mol. The first-order chi connectivity index (χ1) is 6.18. The first kappa shape index (κ1) is 9.55. The van der Waals surface area contributed by atoms with E-state index >= 15 is 0 Å². The Morgan fingerprint density at radius 2 is 2.31 bits per heavy atom. The van der Waals surface area contributed by atoms with Gasteiger partial charge in [-0.05, 0) is 27.6 Å². The molecule has 0 bridgehead atoms. The van der Waals surface area contributed by atoms with Gasteiger partial charge >= 0.3 is 5.97 Å². The molecule has 1 aromatic heterocycles. The van der Waals surface area contributed by atoms with Crippen molar-refractivity contribution in [2.45, 2.75) is 5.92 Å². The number of hydrogen-bond acceptors (Lipinski definition) is 3. The molecule has 1 aromatic rings. The molecule has 0 spiro atoms. The first-order valence-corrected chi connectivity index (χ1v) is 6.55. The van der Waals surface area contributed by atoms with Gasteiger partial charge in [0.05, 0.1) is 3.79 Å². The molecule has 0 saturated carbocycles. The van der Waals surface area contributed by atoms with Crippen molar-refractivity contribution in [2.75, 3.05) is 11.5 Å². The molecule has 0 aliphatic carbocycles. The van der Waals surface area contributed by atoms with Crippen LogP contribution in [0.15, 0.2) is 9.85 Å². The van der Waals surface area contributed by atoms with Crippen molar-refractivity contribution in [3.63, 3.8) is 0 Å². The summed E-state index contributed by atoms with van der Waals surface area (Å²) < 4.78 is 0.914. The highest BCUT2D eigenvalue weighted by Gasteiger charge is 2.27. The Labute approximate surface area is 92.5 Å². The summed E-state index contributed by atoms with van der Waals surface area (Å²) >= 11 is 6.50. The van der Waals surface area contributed by atoms with Gasteiger partial charge in [-0.1, -0.05) is 0 Å². The average Bonchev–Trinajstić information content (AvgIpc) is 2.27. The predicted octanol–water partition coefficient (Wildman–Crippen LogP) is 3.04. The number of thiophene rings is 1. The summed E-state index contributed by atoms with van der Waals surface area (Å²) in [6.45, 7) is 0. The molecule has 70 valence electrons. The van der Waals surface area contributed by atoms with Crippen LogP contribution in [0.3, 0.4) is 0 Å². The lowest BCUT2D eigenvalue weighted by molar-refractivity contribution is 0.0700. The molecule has 1 aliphatic rings. The van der Waals surface area contributed by atoms with Crippen molar-refractivity contribution >= 4 is 45.0 Å². The largest absolute Gasteiger partial charge is 0.477 e. The molecule has 0 aromatic carbocycles. The van der Waals surface area contributed by atoms with Crippen LogP contribution in [-0.2, 0) is 0 Å². The fraction of sp³-hybridized carbons (Fsp3) is 0.375.